The van der Waals surface area contributed by atoms with Crippen molar-refractivity contribution in [1.29, 1.82) is 0 Å². The number of carbonyl (C=O) groups excluding carboxylic acids is 1. The predicted molar refractivity (Wildman–Crippen MR) is 98.4 cm³/mol. The lowest BCUT2D eigenvalue weighted by atomic mass is 10.1. The van der Waals surface area contributed by atoms with Gasteiger partial charge in [-0.3, -0.25) is 14.8 Å². The fourth-order valence-corrected chi connectivity index (χ4v) is 3.05. The first-order chi connectivity index (χ1) is 13.0. The number of pyridine rings is 1. The van der Waals surface area contributed by atoms with Gasteiger partial charge in [0.1, 0.15) is 5.69 Å². The van der Waals surface area contributed by atoms with Crippen LogP contribution in [0, 0.1) is 11.6 Å². The molecule has 0 unspecified atom stereocenters. The minimum atomic E-state index is -0.973. The number of urea groups is 1. The second-order valence-electron chi connectivity index (χ2n) is 5.81. The third-order valence-electron chi connectivity index (χ3n) is 4.41. The van der Waals surface area contributed by atoms with Crippen molar-refractivity contribution in [2.75, 3.05) is 30.6 Å². The molecule has 0 fully saturated rings. The Labute approximate surface area is 155 Å². The Morgan fingerprint density at radius 1 is 1.22 bits per heavy atom. The number of fused-ring (bicyclic) bond motifs is 1. The lowest BCUT2D eigenvalue weighted by molar-refractivity contribution is 0.249. The van der Waals surface area contributed by atoms with Gasteiger partial charge in [0.25, 0.3) is 0 Å². The fourth-order valence-electron chi connectivity index (χ4n) is 3.05. The maximum atomic E-state index is 14.9. The molecule has 3 rings (SSSR count). The maximum Gasteiger partial charge on any atom is 0.329 e. The number of halogens is 2. The van der Waals surface area contributed by atoms with E-state index >= 15 is 0 Å². The number of rotatable bonds is 5. The van der Waals surface area contributed by atoms with Gasteiger partial charge in [-0.05, 0) is 19.1 Å². The summed E-state index contributed by atoms with van der Waals surface area (Å²) in [7, 11) is 2.51. The summed E-state index contributed by atoms with van der Waals surface area (Å²) in [5, 5.41) is 0. The Balaban J connectivity index is 2.18. The van der Waals surface area contributed by atoms with Crippen LogP contribution in [0.1, 0.15) is 18.2 Å². The first kappa shape index (κ1) is 18.6. The van der Waals surface area contributed by atoms with Crippen molar-refractivity contribution in [3.8, 4) is 11.5 Å². The van der Waals surface area contributed by atoms with Crippen LogP contribution in [0.15, 0.2) is 24.9 Å². The highest BCUT2D eigenvalue weighted by Crippen LogP contribution is 2.40. The van der Waals surface area contributed by atoms with E-state index in [2.05, 4.69) is 11.6 Å². The number of ether oxygens (including phenoxy) is 2. The molecular formula is C19H19F2N3O3. The van der Waals surface area contributed by atoms with Crippen molar-refractivity contribution in [3.05, 3.63) is 47.8 Å². The molecule has 8 heteroatoms. The van der Waals surface area contributed by atoms with Crippen LogP contribution < -0.4 is 19.3 Å². The predicted octanol–water partition coefficient (Wildman–Crippen LogP) is 3.99. The van der Waals surface area contributed by atoms with Gasteiger partial charge in [0, 0.05) is 24.4 Å². The second kappa shape index (κ2) is 7.22. The monoisotopic (exact) mass is 375 g/mol. The Morgan fingerprint density at radius 3 is 2.37 bits per heavy atom. The molecule has 1 aromatic carbocycles. The van der Waals surface area contributed by atoms with Gasteiger partial charge in [-0.25, -0.2) is 13.6 Å². The second-order valence-corrected chi connectivity index (χ2v) is 5.81. The average molecular weight is 375 g/mol. The summed E-state index contributed by atoms with van der Waals surface area (Å²) in [5.41, 5.74) is 1.38. The van der Waals surface area contributed by atoms with Gasteiger partial charge in [0.05, 0.1) is 32.1 Å². The number of benzene rings is 1. The number of amides is 2. The normalized spacial score (nSPS) is 13.4. The van der Waals surface area contributed by atoms with E-state index in [-0.39, 0.29) is 18.0 Å². The molecule has 6 nitrogen and oxygen atoms in total. The van der Waals surface area contributed by atoms with Crippen molar-refractivity contribution in [2.45, 2.75) is 13.5 Å². The first-order valence-corrected chi connectivity index (χ1v) is 8.27. The summed E-state index contributed by atoms with van der Waals surface area (Å²) >= 11 is 0. The van der Waals surface area contributed by atoms with E-state index in [4.69, 9.17) is 9.47 Å². The van der Waals surface area contributed by atoms with Crippen molar-refractivity contribution >= 4 is 23.5 Å². The lowest BCUT2D eigenvalue weighted by Crippen LogP contribution is -2.48. The van der Waals surface area contributed by atoms with Gasteiger partial charge in [-0.1, -0.05) is 6.58 Å². The van der Waals surface area contributed by atoms with E-state index < -0.39 is 23.4 Å². The quantitative estimate of drug-likeness (QED) is 0.793. The topological polar surface area (TPSA) is 54.9 Å². The van der Waals surface area contributed by atoms with E-state index in [9.17, 15) is 13.6 Å². The third kappa shape index (κ3) is 2.97. The van der Waals surface area contributed by atoms with Crippen LogP contribution >= 0.6 is 0 Å². The molecule has 0 spiro atoms. The van der Waals surface area contributed by atoms with E-state index in [1.54, 1.807) is 25.3 Å². The zero-order valence-electron chi connectivity index (χ0n) is 15.3. The summed E-state index contributed by atoms with van der Waals surface area (Å²) in [5.74, 6) is -2.38. The van der Waals surface area contributed by atoms with Crippen LogP contribution in [0.3, 0.4) is 0 Å². The number of aromatic nitrogens is 1. The molecule has 0 atom stereocenters. The largest absolute Gasteiger partial charge is 0.493 e. The Morgan fingerprint density at radius 2 is 1.85 bits per heavy atom. The Kier molecular flexibility index (Phi) is 4.98. The molecular weight excluding hydrogens is 356 g/mol. The standard InChI is InChI=1S/C19H19F2N3O3/c1-5-12-7-13-11(9-22-12)10-24(19(25)23(13)6-2)18-16(20)14(26-3)8-15(27-4)17(18)21/h5,7-9H,1,6,10H2,2-4H3. The molecule has 2 amide bonds. The Bertz CT molecular complexity index is 889. The summed E-state index contributed by atoms with van der Waals surface area (Å²) in [6.07, 6.45) is 3.14. The number of anilines is 2. The average Bonchev–Trinajstić information content (AvgIpc) is 2.68. The van der Waals surface area contributed by atoms with Crippen LogP contribution in [0.2, 0.25) is 0 Å². The number of hydrogen-bond donors (Lipinski definition) is 0. The molecule has 2 heterocycles. The Hall–Kier alpha value is -3.16. The van der Waals surface area contributed by atoms with Crippen LogP contribution in [0.4, 0.5) is 25.0 Å². The van der Waals surface area contributed by atoms with Gasteiger partial charge in [-0.2, -0.15) is 0 Å². The van der Waals surface area contributed by atoms with Gasteiger partial charge < -0.3 is 9.47 Å². The molecule has 2 aromatic rings. The van der Waals surface area contributed by atoms with Gasteiger partial charge in [0.2, 0.25) is 0 Å². The van der Waals surface area contributed by atoms with Crippen LogP contribution in [0.5, 0.6) is 11.5 Å². The molecule has 0 N–H and O–H groups in total. The van der Waals surface area contributed by atoms with Gasteiger partial charge >= 0.3 is 6.03 Å². The summed E-state index contributed by atoms with van der Waals surface area (Å²) in [6.45, 7) is 5.72. The number of nitrogens with zero attached hydrogens (tertiary/aromatic N) is 3. The molecule has 0 saturated heterocycles. The molecule has 0 radical (unpaired) electrons. The molecule has 0 saturated carbocycles. The van der Waals surface area contributed by atoms with Crippen molar-refractivity contribution in [3.63, 3.8) is 0 Å². The van der Waals surface area contributed by atoms with Crippen molar-refractivity contribution in [2.24, 2.45) is 0 Å². The SMILES string of the molecule is C=Cc1cc2c(cn1)CN(c1c(F)c(OC)cc(OC)c1F)C(=O)N2CC. The highest BCUT2D eigenvalue weighted by atomic mass is 19.1. The minimum absolute atomic E-state index is 0.0424. The number of carbonyl (C=O) groups is 1. The first-order valence-electron chi connectivity index (χ1n) is 8.27. The zero-order chi connectivity index (χ0) is 19.7. The molecule has 142 valence electrons. The van der Waals surface area contributed by atoms with E-state index in [0.29, 0.717) is 23.5 Å². The smallest absolute Gasteiger partial charge is 0.329 e. The number of methoxy groups -OCH3 is 2. The summed E-state index contributed by atoms with van der Waals surface area (Å²) < 4.78 is 39.7. The maximum absolute atomic E-state index is 14.9. The number of hydrogen-bond acceptors (Lipinski definition) is 4. The van der Waals surface area contributed by atoms with Gasteiger partial charge in [-0.15, -0.1) is 0 Å². The molecule has 0 aliphatic carbocycles. The van der Waals surface area contributed by atoms with E-state index in [0.717, 1.165) is 11.0 Å². The van der Waals surface area contributed by atoms with Crippen LogP contribution in [-0.2, 0) is 6.54 Å². The third-order valence-corrected chi connectivity index (χ3v) is 4.41. The van der Waals surface area contributed by atoms with Crippen LogP contribution in [0.25, 0.3) is 6.08 Å². The highest BCUT2D eigenvalue weighted by Gasteiger charge is 2.36. The molecule has 0 bridgehead atoms. The minimum Gasteiger partial charge on any atom is -0.493 e. The van der Waals surface area contributed by atoms with Crippen LogP contribution in [-0.4, -0.2) is 31.8 Å². The summed E-state index contributed by atoms with van der Waals surface area (Å²) in [4.78, 5) is 19.7. The van der Waals surface area contributed by atoms with Crippen molar-refractivity contribution < 1.29 is 23.0 Å². The van der Waals surface area contributed by atoms with E-state index in [1.165, 1.54) is 19.1 Å². The fraction of sp³-hybridized carbons (Fsp3) is 0.263. The van der Waals surface area contributed by atoms with Gasteiger partial charge in [0.15, 0.2) is 23.1 Å². The summed E-state index contributed by atoms with van der Waals surface area (Å²) in [6, 6.07) is 2.27. The molecule has 1 aliphatic heterocycles. The van der Waals surface area contributed by atoms with Crippen molar-refractivity contribution in [1.82, 2.24) is 4.98 Å². The zero-order valence-corrected chi connectivity index (χ0v) is 15.3. The molecule has 1 aliphatic rings. The molecule has 27 heavy (non-hydrogen) atoms. The molecule has 1 aromatic heterocycles. The van der Waals surface area contributed by atoms with E-state index in [1.807, 2.05) is 0 Å². The lowest BCUT2D eigenvalue weighted by Gasteiger charge is -2.37. The highest BCUT2D eigenvalue weighted by molar-refractivity contribution is 6.06.